The number of rotatable bonds is 4. The Morgan fingerprint density at radius 3 is 2.04 bits per heavy atom. The third kappa shape index (κ3) is 4.02. The molecular weight excluding hydrogens is 342 g/mol. The Balaban J connectivity index is 1.92. The molecule has 1 saturated carbocycles. The smallest absolute Gasteiger partial charge is 0.207 e. The quantitative estimate of drug-likeness (QED) is 0.829. The number of benzene rings is 2. The highest BCUT2D eigenvalue weighted by molar-refractivity contribution is 7.89. The van der Waals surface area contributed by atoms with Gasteiger partial charge >= 0.3 is 0 Å². The van der Waals surface area contributed by atoms with E-state index in [0.717, 1.165) is 31.2 Å². The monoisotopic (exact) mass is 371 g/mol. The van der Waals surface area contributed by atoms with E-state index in [4.69, 9.17) is 0 Å². The van der Waals surface area contributed by atoms with Gasteiger partial charge in [-0.05, 0) is 69.4 Å². The Labute approximate surface area is 157 Å². The van der Waals surface area contributed by atoms with E-state index in [9.17, 15) is 8.42 Å². The summed E-state index contributed by atoms with van der Waals surface area (Å²) < 4.78 is 28.8. The van der Waals surface area contributed by atoms with Crippen molar-refractivity contribution in [3.05, 3.63) is 64.2 Å². The predicted molar refractivity (Wildman–Crippen MR) is 107 cm³/mol. The zero-order chi connectivity index (χ0) is 18.9. The van der Waals surface area contributed by atoms with Gasteiger partial charge in [-0.3, -0.25) is 0 Å². The molecule has 3 rings (SSSR count). The number of nitrogens with one attached hydrogen (secondary N) is 1. The minimum absolute atomic E-state index is 0.0461. The van der Waals surface area contributed by atoms with Gasteiger partial charge in [-0.15, -0.1) is 0 Å². The van der Waals surface area contributed by atoms with E-state index in [-0.39, 0.29) is 12.0 Å². The lowest BCUT2D eigenvalue weighted by Gasteiger charge is -2.34. The standard InChI is InChI=1S/C22H29NO2S/c1-15-9-11-19(12-10-15)26(24,25)23-21-8-6-5-7-20(21)22-17(3)13-16(2)14-18(22)4/h9-14,20-21,23H,5-8H2,1-4H3/t20-,21-/m0/s1. The summed E-state index contributed by atoms with van der Waals surface area (Å²) in [5.74, 6) is 0.240. The molecule has 0 heterocycles. The summed E-state index contributed by atoms with van der Waals surface area (Å²) in [6.07, 6.45) is 4.15. The van der Waals surface area contributed by atoms with Gasteiger partial charge in [-0.25, -0.2) is 13.1 Å². The maximum absolute atomic E-state index is 12.9. The first-order valence-electron chi connectivity index (χ1n) is 9.44. The zero-order valence-corrected chi connectivity index (χ0v) is 17.0. The lowest BCUT2D eigenvalue weighted by atomic mass is 9.77. The van der Waals surface area contributed by atoms with Crippen molar-refractivity contribution in [2.45, 2.75) is 70.2 Å². The molecule has 3 nitrogen and oxygen atoms in total. The van der Waals surface area contributed by atoms with Gasteiger partial charge in [0, 0.05) is 12.0 Å². The molecule has 0 aromatic heterocycles. The van der Waals surface area contributed by atoms with Crippen LogP contribution in [0.2, 0.25) is 0 Å². The number of aryl methyl sites for hydroxylation is 4. The second-order valence-corrected chi connectivity index (χ2v) is 9.46. The van der Waals surface area contributed by atoms with E-state index in [0.29, 0.717) is 4.90 Å². The Morgan fingerprint density at radius 2 is 1.42 bits per heavy atom. The maximum atomic E-state index is 12.9. The predicted octanol–water partition coefficient (Wildman–Crippen LogP) is 4.92. The molecule has 140 valence electrons. The molecule has 0 radical (unpaired) electrons. The van der Waals surface area contributed by atoms with Crippen molar-refractivity contribution in [2.24, 2.45) is 0 Å². The molecule has 2 aromatic carbocycles. The molecular formula is C22H29NO2S. The van der Waals surface area contributed by atoms with Crippen LogP contribution in [-0.4, -0.2) is 14.5 Å². The first-order chi connectivity index (χ1) is 12.3. The van der Waals surface area contributed by atoms with Crippen LogP contribution in [-0.2, 0) is 10.0 Å². The maximum Gasteiger partial charge on any atom is 0.240 e. The summed E-state index contributed by atoms with van der Waals surface area (Å²) in [6, 6.07) is 11.5. The van der Waals surface area contributed by atoms with Crippen LogP contribution in [0.3, 0.4) is 0 Å². The van der Waals surface area contributed by atoms with Gasteiger partial charge < -0.3 is 0 Å². The minimum atomic E-state index is -3.50. The number of hydrogen-bond donors (Lipinski definition) is 1. The summed E-state index contributed by atoms with van der Waals surface area (Å²) in [4.78, 5) is 0.352. The van der Waals surface area contributed by atoms with E-state index >= 15 is 0 Å². The highest BCUT2D eigenvalue weighted by Gasteiger charge is 2.32. The second-order valence-electron chi connectivity index (χ2n) is 7.74. The Hall–Kier alpha value is -1.65. The first kappa shape index (κ1) is 19.1. The third-order valence-electron chi connectivity index (χ3n) is 5.51. The van der Waals surface area contributed by atoms with Gasteiger partial charge in [-0.2, -0.15) is 0 Å². The summed E-state index contributed by atoms with van der Waals surface area (Å²) in [5.41, 5.74) is 6.19. The molecule has 2 aromatic rings. The lowest BCUT2D eigenvalue weighted by Crippen LogP contribution is -2.41. The van der Waals surface area contributed by atoms with Crippen LogP contribution in [0.25, 0.3) is 0 Å². The fraction of sp³-hybridized carbons (Fsp3) is 0.455. The van der Waals surface area contributed by atoms with Crippen molar-refractivity contribution in [1.29, 1.82) is 0 Å². The summed E-state index contributed by atoms with van der Waals surface area (Å²) in [7, 11) is -3.50. The average molecular weight is 372 g/mol. The molecule has 0 amide bonds. The second kappa shape index (κ2) is 7.53. The van der Waals surface area contributed by atoms with Crippen molar-refractivity contribution in [3.63, 3.8) is 0 Å². The number of sulfonamides is 1. The summed E-state index contributed by atoms with van der Waals surface area (Å²) >= 11 is 0. The van der Waals surface area contributed by atoms with Gasteiger partial charge in [0.2, 0.25) is 10.0 Å². The zero-order valence-electron chi connectivity index (χ0n) is 16.2. The first-order valence-corrected chi connectivity index (χ1v) is 10.9. The van der Waals surface area contributed by atoms with Crippen LogP contribution in [0.1, 0.15) is 59.4 Å². The van der Waals surface area contributed by atoms with Crippen LogP contribution >= 0.6 is 0 Å². The highest BCUT2D eigenvalue weighted by atomic mass is 32.2. The largest absolute Gasteiger partial charge is 0.240 e. The molecule has 0 unspecified atom stereocenters. The minimum Gasteiger partial charge on any atom is -0.207 e. The molecule has 1 aliphatic rings. The van der Waals surface area contributed by atoms with Gasteiger partial charge in [0.15, 0.2) is 0 Å². The molecule has 1 aliphatic carbocycles. The van der Waals surface area contributed by atoms with Crippen LogP contribution < -0.4 is 4.72 Å². The van der Waals surface area contributed by atoms with Gasteiger partial charge in [-0.1, -0.05) is 48.2 Å². The van der Waals surface area contributed by atoms with Crippen molar-refractivity contribution in [3.8, 4) is 0 Å². The molecule has 0 bridgehead atoms. The highest BCUT2D eigenvalue weighted by Crippen LogP contribution is 2.37. The van der Waals surface area contributed by atoms with E-state index < -0.39 is 10.0 Å². The van der Waals surface area contributed by atoms with Crippen LogP contribution in [0.5, 0.6) is 0 Å². The number of hydrogen-bond acceptors (Lipinski definition) is 2. The lowest BCUT2D eigenvalue weighted by molar-refractivity contribution is 0.359. The van der Waals surface area contributed by atoms with E-state index in [1.165, 1.54) is 22.3 Å². The molecule has 0 spiro atoms. The van der Waals surface area contributed by atoms with Crippen molar-refractivity contribution in [2.75, 3.05) is 0 Å². The topological polar surface area (TPSA) is 46.2 Å². The van der Waals surface area contributed by atoms with Crippen molar-refractivity contribution >= 4 is 10.0 Å². The molecule has 4 heteroatoms. The SMILES string of the molecule is Cc1ccc(S(=O)(=O)N[C@H]2CCCC[C@@H]2c2c(C)cc(C)cc2C)cc1. The molecule has 1 fully saturated rings. The Kier molecular flexibility index (Phi) is 5.54. The van der Waals surface area contributed by atoms with Crippen LogP contribution in [0.15, 0.2) is 41.3 Å². The molecule has 2 atom stereocenters. The Morgan fingerprint density at radius 1 is 0.846 bits per heavy atom. The van der Waals surface area contributed by atoms with E-state index in [1.807, 2.05) is 19.1 Å². The molecule has 1 N–H and O–H groups in total. The average Bonchev–Trinajstić information content (AvgIpc) is 2.55. The van der Waals surface area contributed by atoms with Gasteiger partial charge in [0.1, 0.15) is 0 Å². The molecule has 0 saturated heterocycles. The van der Waals surface area contributed by atoms with Gasteiger partial charge in [0.05, 0.1) is 4.90 Å². The summed E-state index contributed by atoms with van der Waals surface area (Å²) in [6.45, 7) is 8.37. The molecule has 0 aliphatic heterocycles. The third-order valence-corrected chi connectivity index (χ3v) is 7.02. The van der Waals surface area contributed by atoms with Crippen molar-refractivity contribution < 1.29 is 8.42 Å². The molecule has 26 heavy (non-hydrogen) atoms. The van der Waals surface area contributed by atoms with Gasteiger partial charge in [0.25, 0.3) is 0 Å². The van der Waals surface area contributed by atoms with Crippen LogP contribution in [0.4, 0.5) is 0 Å². The normalized spacial score (nSPS) is 20.9. The summed E-state index contributed by atoms with van der Waals surface area (Å²) in [5, 5.41) is 0. The van der Waals surface area contributed by atoms with E-state index in [2.05, 4.69) is 37.6 Å². The Bertz CT molecular complexity index is 862. The fourth-order valence-corrected chi connectivity index (χ4v) is 5.69. The van der Waals surface area contributed by atoms with Crippen LogP contribution in [0, 0.1) is 27.7 Å². The van der Waals surface area contributed by atoms with Crippen molar-refractivity contribution in [1.82, 2.24) is 4.72 Å². The van der Waals surface area contributed by atoms with E-state index in [1.54, 1.807) is 12.1 Å². The fourth-order valence-electron chi connectivity index (χ4n) is 4.38.